The zero-order valence-electron chi connectivity index (χ0n) is 19.1. The molecule has 1 saturated heterocycles. The van der Waals surface area contributed by atoms with Gasteiger partial charge in [-0.1, -0.05) is 0 Å². The molecular formula is C23H27N9O2. The Morgan fingerprint density at radius 2 is 1.91 bits per heavy atom. The number of hydrogen-bond acceptors (Lipinski definition) is 8. The second-order valence-electron chi connectivity index (χ2n) is 8.40. The maximum atomic E-state index is 12.7. The number of primary amides is 1. The Morgan fingerprint density at radius 3 is 2.59 bits per heavy atom. The van der Waals surface area contributed by atoms with Gasteiger partial charge >= 0.3 is 0 Å². The van der Waals surface area contributed by atoms with E-state index >= 15 is 0 Å². The first-order valence-corrected chi connectivity index (χ1v) is 11.3. The van der Waals surface area contributed by atoms with Gasteiger partial charge in [-0.2, -0.15) is 5.26 Å². The second-order valence-corrected chi connectivity index (χ2v) is 8.40. The van der Waals surface area contributed by atoms with Crippen molar-refractivity contribution in [1.82, 2.24) is 29.4 Å². The molecule has 0 aliphatic carbocycles. The summed E-state index contributed by atoms with van der Waals surface area (Å²) in [6.45, 7) is 2.19. The van der Waals surface area contributed by atoms with Crippen LogP contribution in [0.25, 0.3) is 11.2 Å². The molecule has 1 aliphatic heterocycles. The third kappa shape index (κ3) is 5.11. The maximum absolute atomic E-state index is 12.7. The highest BCUT2D eigenvalue weighted by atomic mass is 16.2. The van der Waals surface area contributed by atoms with Gasteiger partial charge in [0.1, 0.15) is 17.3 Å². The van der Waals surface area contributed by atoms with Crippen molar-refractivity contribution < 1.29 is 9.59 Å². The van der Waals surface area contributed by atoms with Crippen LogP contribution in [0.2, 0.25) is 0 Å². The third-order valence-corrected chi connectivity index (χ3v) is 6.21. The average Bonchev–Trinajstić information content (AvgIpc) is 3.28. The van der Waals surface area contributed by atoms with E-state index in [1.165, 1.54) is 12.4 Å². The summed E-state index contributed by atoms with van der Waals surface area (Å²) in [5, 5.41) is 8.88. The topological polar surface area (TPSA) is 147 Å². The fourth-order valence-corrected chi connectivity index (χ4v) is 4.17. The van der Waals surface area contributed by atoms with Crippen LogP contribution >= 0.6 is 0 Å². The Labute approximate surface area is 197 Å². The number of anilines is 1. The van der Waals surface area contributed by atoms with Crippen molar-refractivity contribution >= 4 is 28.9 Å². The van der Waals surface area contributed by atoms with Gasteiger partial charge in [0.25, 0.3) is 5.91 Å². The summed E-state index contributed by atoms with van der Waals surface area (Å²) < 4.78 is 1.89. The third-order valence-electron chi connectivity index (χ3n) is 6.21. The summed E-state index contributed by atoms with van der Waals surface area (Å²) in [6, 6.07) is 5.51. The highest BCUT2D eigenvalue weighted by Gasteiger charge is 2.26. The minimum Gasteiger partial charge on any atom is -0.364 e. The highest BCUT2D eigenvalue weighted by molar-refractivity contribution is 5.92. The van der Waals surface area contributed by atoms with Crippen molar-refractivity contribution in [3.05, 3.63) is 42.1 Å². The number of amides is 2. The lowest BCUT2D eigenvalue weighted by molar-refractivity contribution is -0.132. The molecule has 0 atom stereocenters. The van der Waals surface area contributed by atoms with Crippen LogP contribution in [0.4, 0.5) is 5.95 Å². The normalized spacial score (nSPS) is 14.2. The molecule has 4 heterocycles. The lowest BCUT2D eigenvalue weighted by Gasteiger charge is -2.36. The molecule has 3 aromatic heterocycles. The molecule has 0 aromatic carbocycles. The smallest absolute Gasteiger partial charge is 0.267 e. The van der Waals surface area contributed by atoms with Crippen molar-refractivity contribution in [3.63, 3.8) is 0 Å². The first kappa shape index (κ1) is 23.1. The summed E-state index contributed by atoms with van der Waals surface area (Å²) >= 11 is 0. The molecule has 0 spiro atoms. The number of fused-ring (bicyclic) bond motifs is 1. The molecule has 4 rings (SSSR count). The van der Waals surface area contributed by atoms with E-state index in [1.54, 1.807) is 18.5 Å². The predicted octanol–water partition coefficient (Wildman–Crippen LogP) is 1.49. The highest BCUT2D eigenvalue weighted by Crippen LogP contribution is 2.20. The largest absolute Gasteiger partial charge is 0.364 e. The number of aromatic nitrogens is 5. The van der Waals surface area contributed by atoms with E-state index in [-0.39, 0.29) is 17.6 Å². The number of nitriles is 1. The molecule has 2 amide bonds. The molecule has 1 aliphatic rings. The van der Waals surface area contributed by atoms with Gasteiger partial charge in [0.2, 0.25) is 11.9 Å². The number of imidazole rings is 1. The van der Waals surface area contributed by atoms with Crippen LogP contribution in [0.15, 0.2) is 30.9 Å². The summed E-state index contributed by atoms with van der Waals surface area (Å²) in [5.41, 5.74) is 7.31. The number of piperidine rings is 1. The Kier molecular flexibility index (Phi) is 6.96. The average molecular weight is 462 g/mol. The lowest BCUT2D eigenvalue weighted by Crippen LogP contribution is -2.46. The molecule has 0 radical (unpaired) electrons. The number of aryl methyl sites for hydroxylation is 1. The number of rotatable bonds is 8. The molecule has 11 nitrogen and oxygen atoms in total. The Morgan fingerprint density at radius 1 is 1.18 bits per heavy atom. The van der Waals surface area contributed by atoms with Gasteiger partial charge < -0.3 is 20.1 Å². The van der Waals surface area contributed by atoms with E-state index in [1.807, 2.05) is 22.6 Å². The molecule has 0 bridgehead atoms. The van der Waals surface area contributed by atoms with Crippen LogP contribution in [-0.2, 0) is 11.3 Å². The van der Waals surface area contributed by atoms with Gasteiger partial charge in [-0.05, 0) is 37.8 Å². The lowest BCUT2D eigenvalue weighted by atomic mass is 10.0. The Balaban J connectivity index is 1.22. The fraction of sp³-hybridized carbons (Fsp3) is 0.435. The number of carbonyl (C=O) groups is 2. The summed E-state index contributed by atoms with van der Waals surface area (Å²) in [4.78, 5) is 45.2. The quantitative estimate of drug-likeness (QED) is 0.496. The standard InChI is InChI=1S/C23H27N9O2/c1-30(17-7-10-31(11-8-17)23-26-13-16(12-24)14-27-23)20(33)4-2-3-9-32-15-28-19-6-5-18(21(25)34)29-22(19)32/h5-6,13-15,17H,2-4,7-11H2,1H3,(H2,25,34). The van der Waals surface area contributed by atoms with E-state index in [9.17, 15) is 9.59 Å². The van der Waals surface area contributed by atoms with Crippen LogP contribution in [0.5, 0.6) is 0 Å². The van der Waals surface area contributed by atoms with Crippen LogP contribution < -0.4 is 10.6 Å². The summed E-state index contributed by atoms with van der Waals surface area (Å²) in [5.74, 6) is 0.187. The second kappa shape index (κ2) is 10.2. The van der Waals surface area contributed by atoms with Gasteiger partial charge in [-0.15, -0.1) is 0 Å². The molecule has 176 valence electrons. The van der Waals surface area contributed by atoms with Gasteiger partial charge in [-0.25, -0.2) is 19.9 Å². The molecule has 1 fully saturated rings. The number of hydrogen-bond donors (Lipinski definition) is 1. The van der Waals surface area contributed by atoms with E-state index in [2.05, 4.69) is 24.8 Å². The number of pyridine rings is 1. The molecule has 0 saturated carbocycles. The minimum atomic E-state index is -0.571. The SMILES string of the molecule is CN(C(=O)CCCCn1cnc2ccc(C(N)=O)nc21)C1CCN(c2ncc(C#N)cn2)CC1. The van der Waals surface area contributed by atoms with Gasteiger partial charge in [-0.3, -0.25) is 9.59 Å². The predicted molar refractivity (Wildman–Crippen MR) is 125 cm³/mol. The van der Waals surface area contributed by atoms with Crippen LogP contribution in [-0.4, -0.2) is 67.4 Å². The molecule has 0 unspecified atom stereocenters. The zero-order valence-corrected chi connectivity index (χ0v) is 19.1. The molecule has 34 heavy (non-hydrogen) atoms. The van der Waals surface area contributed by atoms with E-state index in [4.69, 9.17) is 11.0 Å². The summed E-state index contributed by atoms with van der Waals surface area (Å²) in [6.07, 6.45) is 8.47. The summed E-state index contributed by atoms with van der Waals surface area (Å²) in [7, 11) is 1.87. The molecular weight excluding hydrogens is 434 g/mol. The number of nitrogens with zero attached hydrogens (tertiary/aromatic N) is 8. The minimum absolute atomic E-state index is 0.137. The van der Waals surface area contributed by atoms with Crippen LogP contribution in [0.3, 0.4) is 0 Å². The first-order chi connectivity index (χ1) is 16.5. The van der Waals surface area contributed by atoms with Crippen molar-refractivity contribution in [3.8, 4) is 6.07 Å². The number of unbranched alkanes of at least 4 members (excludes halogenated alkanes) is 1. The van der Waals surface area contributed by atoms with Gasteiger partial charge in [0.05, 0.1) is 24.3 Å². The monoisotopic (exact) mass is 461 g/mol. The molecule has 11 heteroatoms. The molecule has 2 N–H and O–H groups in total. The van der Waals surface area contributed by atoms with Crippen LogP contribution in [0.1, 0.15) is 48.2 Å². The van der Waals surface area contributed by atoms with E-state index in [0.717, 1.165) is 38.8 Å². The fourth-order valence-electron chi connectivity index (χ4n) is 4.17. The Hall–Kier alpha value is -4.07. The first-order valence-electron chi connectivity index (χ1n) is 11.3. The number of nitrogens with two attached hydrogens (primary N) is 1. The zero-order chi connectivity index (χ0) is 24.1. The van der Waals surface area contributed by atoms with E-state index < -0.39 is 5.91 Å². The van der Waals surface area contributed by atoms with Crippen molar-refractivity contribution in [2.45, 2.75) is 44.7 Å². The van der Waals surface area contributed by atoms with Crippen molar-refractivity contribution in [2.75, 3.05) is 25.0 Å². The Bertz CT molecular complexity index is 1210. The van der Waals surface area contributed by atoms with Crippen LogP contribution in [0, 0.1) is 11.3 Å². The van der Waals surface area contributed by atoms with E-state index in [0.29, 0.717) is 35.6 Å². The van der Waals surface area contributed by atoms with Crippen molar-refractivity contribution in [1.29, 1.82) is 5.26 Å². The molecule has 3 aromatic rings. The maximum Gasteiger partial charge on any atom is 0.267 e. The van der Waals surface area contributed by atoms with Gasteiger partial charge in [0, 0.05) is 39.1 Å². The number of carbonyl (C=O) groups excluding carboxylic acids is 2. The van der Waals surface area contributed by atoms with Gasteiger partial charge in [0.15, 0.2) is 5.65 Å². The van der Waals surface area contributed by atoms with Crippen molar-refractivity contribution in [2.24, 2.45) is 5.73 Å².